The molecule has 0 saturated heterocycles. The number of halogens is 2. The molecule has 0 radical (unpaired) electrons. The maximum atomic E-state index is 12.1. The highest BCUT2D eigenvalue weighted by Gasteiger charge is 2.11. The quantitative estimate of drug-likeness (QED) is 0.748. The summed E-state index contributed by atoms with van der Waals surface area (Å²) in [5.41, 5.74) is 0. The molecule has 2 rings (SSSR count). The van der Waals surface area contributed by atoms with Crippen molar-refractivity contribution >= 4 is 46.2 Å². The number of rotatable bonds is 7. The second kappa shape index (κ2) is 8.34. The Labute approximate surface area is 148 Å². The first-order valence-electron chi connectivity index (χ1n) is 6.89. The Bertz CT molecular complexity index is 695. The molecular formula is C16H15Cl2NO3S. The number of hydrogen-bond acceptors (Lipinski definition) is 4. The molecule has 0 fully saturated rings. The van der Waals surface area contributed by atoms with Crippen molar-refractivity contribution in [2.75, 3.05) is 13.2 Å². The minimum Gasteiger partial charge on any atom is -0.485 e. The summed E-state index contributed by atoms with van der Waals surface area (Å²) in [4.78, 5) is 24.6. The van der Waals surface area contributed by atoms with Crippen LogP contribution in [0.3, 0.4) is 0 Å². The number of ether oxygens (including phenoxy) is 1. The van der Waals surface area contributed by atoms with Crippen LogP contribution in [0, 0.1) is 0 Å². The van der Waals surface area contributed by atoms with E-state index in [0.29, 0.717) is 33.6 Å². The number of thiophene rings is 1. The predicted molar refractivity (Wildman–Crippen MR) is 93.0 cm³/mol. The van der Waals surface area contributed by atoms with Gasteiger partial charge in [0.15, 0.2) is 6.61 Å². The monoisotopic (exact) mass is 371 g/mol. The van der Waals surface area contributed by atoms with Gasteiger partial charge in [-0.05, 0) is 36.8 Å². The van der Waals surface area contributed by atoms with Gasteiger partial charge in [-0.3, -0.25) is 9.59 Å². The van der Waals surface area contributed by atoms with E-state index < -0.39 is 0 Å². The van der Waals surface area contributed by atoms with Crippen molar-refractivity contribution in [2.24, 2.45) is 0 Å². The first-order valence-corrected chi connectivity index (χ1v) is 8.46. The molecule has 0 saturated carbocycles. The smallest absolute Gasteiger partial charge is 0.216 e. The van der Waals surface area contributed by atoms with Gasteiger partial charge in [-0.25, -0.2) is 0 Å². The standard InChI is InChI=1S/C16H15Cl2NO3S/c1-10(20)19-5-4-14-2-3-16(23-14)15(21)9-22-13-7-11(17)6-12(18)8-13/h2-3,6-8H,4-5,9H2,1H3,(H,19,20). The number of Topliss-reactive ketones (excluding diaryl/α,β-unsaturated/α-hetero) is 1. The molecule has 0 aliphatic carbocycles. The molecule has 0 bridgehead atoms. The second-order valence-electron chi connectivity index (χ2n) is 4.82. The number of carbonyl (C=O) groups excluding carboxylic acids is 2. The molecule has 0 unspecified atom stereocenters. The lowest BCUT2D eigenvalue weighted by atomic mass is 10.3. The number of carbonyl (C=O) groups is 2. The second-order valence-corrected chi connectivity index (χ2v) is 6.86. The molecule has 122 valence electrons. The van der Waals surface area contributed by atoms with E-state index in [2.05, 4.69) is 5.32 Å². The van der Waals surface area contributed by atoms with E-state index in [9.17, 15) is 9.59 Å². The Hall–Kier alpha value is -1.56. The molecule has 23 heavy (non-hydrogen) atoms. The Morgan fingerprint density at radius 3 is 2.52 bits per heavy atom. The topological polar surface area (TPSA) is 55.4 Å². The fraction of sp³-hybridized carbons (Fsp3) is 0.250. The van der Waals surface area contributed by atoms with Gasteiger partial charge in [-0.2, -0.15) is 0 Å². The summed E-state index contributed by atoms with van der Waals surface area (Å²) in [6.45, 7) is 1.95. The Kier molecular flexibility index (Phi) is 6.45. The average molecular weight is 372 g/mol. The summed E-state index contributed by atoms with van der Waals surface area (Å²) in [6, 6.07) is 8.46. The molecule has 1 heterocycles. The van der Waals surface area contributed by atoms with E-state index in [4.69, 9.17) is 27.9 Å². The zero-order valence-corrected chi connectivity index (χ0v) is 14.7. The molecule has 1 aromatic heterocycles. The molecule has 0 aliphatic heterocycles. The molecular weight excluding hydrogens is 357 g/mol. The van der Waals surface area contributed by atoms with Crippen LogP contribution in [-0.2, 0) is 11.2 Å². The lowest BCUT2D eigenvalue weighted by Crippen LogP contribution is -2.22. The zero-order valence-electron chi connectivity index (χ0n) is 12.4. The minimum atomic E-state index is -0.114. The van der Waals surface area contributed by atoms with Gasteiger partial charge >= 0.3 is 0 Å². The van der Waals surface area contributed by atoms with Gasteiger partial charge in [0, 0.05) is 28.4 Å². The summed E-state index contributed by atoms with van der Waals surface area (Å²) < 4.78 is 5.44. The molecule has 2 aromatic rings. The SMILES string of the molecule is CC(=O)NCCc1ccc(C(=O)COc2cc(Cl)cc(Cl)c2)s1. The fourth-order valence-corrected chi connectivity index (χ4v) is 3.29. The van der Waals surface area contributed by atoms with Crippen molar-refractivity contribution in [1.82, 2.24) is 5.32 Å². The number of ketones is 1. The van der Waals surface area contributed by atoms with E-state index in [-0.39, 0.29) is 18.3 Å². The van der Waals surface area contributed by atoms with E-state index in [0.717, 1.165) is 4.88 Å². The maximum absolute atomic E-state index is 12.1. The molecule has 1 amide bonds. The molecule has 7 heteroatoms. The maximum Gasteiger partial charge on any atom is 0.216 e. The third-order valence-corrected chi connectivity index (χ3v) is 4.51. The fourth-order valence-electron chi connectivity index (χ4n) is 1.86. The van der Waals surface area contributed by atoms with Crippen LogP contribution in [0.25, 0.3) is 0 Å². The highest BCUT2D eigenvalue weighted by molar-refractivity contribution is 7.14. The predicted octanol–water partition coefficient (Wildman–Crippen LogP) is 4.00. The summed E-state index contributed by atoms with van der Waals surface area (Å²) >= 11 is 13.2. The van der Waals surface area contributed by atoms with Gasteiger partial charge in [0.05, 0.1) is 4.88 Å². The first-order chi connectivity index (χ1) is 10.9. The van der Waals surface area contributed by atoms with Crippen LogP contribution in [-0.4, -0.2) is 24.8 Å². The van der Waals surface area contributed by atoms with Gasteiger partial charge in [-0.1, -0.05) is 23.2 Å². The van der Waals surface area contributed by atoms with Gasteiger partial charge in [0.25, 0.3) is 0 Å². The van der Waals surface area contributed by atoms with Crippen molar-refractivity contribution in [3.05, 3.63) is 50.1 Å². The van der Waals surface area contributed by atoms with Gasteiger partial charge in [0.1, 0.15) is 5.75 Å². The summed E-state index contributed by atoms with van der Waals surface area (Å²) in [7, 11) is 0. The van der Waals surface area contributed by atoms with Crippen molar-refractivity contribution < 1.29 is 14.3 Å². The Morgan fingerprint density at radius 1 is 1.17 bits per heavy atom. The number of benzene rings is 1. The number of amides is 1. The van der Waals surface area contributed by atoms with Crippen molar-refractivity contribution in [3.63, 3.8) is 0 Å². The molecule has 0 spiro atoms. The zero-order chi connectivity index (χ0) is 16.8. The lowest BCUT2D eigenvalue weighted by molar-refractivity contribution is -0.118. The van der Waals surface area contributed by atoms with Gasteiger partial charge in [0.2, 0.25) is 11.7 Å². The molecule has 0 atom stereocenters. The molecule has 0 aliphatic rings. The van der Waals surface area contributed by atoms with Crippen molar-refractivity contribution in [3.8, 4) is 5.75 Å². The molecule has 1 N–H and O–H groups in total. The molecule has 1 aromatic carbocycles. The largest absolute Gasteiger partial charge is 0.485 e. The van der Waals surface area contributed by atoms with Crippen molar-refractivity contribution in [2.45, 2.75) is 13.3 Å². The highest BCUT2D eigenvalue weighted by Crippen LogP contribution is 2.24. The first kappa shape index (κ1) is 17.8. The average Bonchev–Trinajstić information content (AvgIpc) is 2.92. The van der Waals surface area contributed by atoms with E-state index in [1.807, 2.05) is 6.07 Å². The van der Waals surface area contributed by atoms with Crippen LogP contribution in [0.4, 0.5) is 0 Å². The van der Waals surface area contributed by atoms with Crippen LogP contribution >= 0.6 is 34.5 Å². The lowest BCUT2D eigenvalue weighted by Gasteiger charge is -2.05. The van der Waals surface area contributed by atoms with Crippen molar-refractivity contribution in [1.29, 1.82) is 0 Å². The highest BCUT2D eigenvalue weighted by atomic mass is 35.5. The summed E-state index contributed by atoms with van der Waals surface area (Å²) in [5.74, 6) is 0.279. The van der Waals surface area contributed by atoms with E-state index in [1.54, 1.807) is 24.3 Å². The van der Waals surface area contributed by atoms with Gasteiger partial charge < -0.3 is 10.1 Å². The normalized spacial score (nSPS) is 10.4. The number of nitrogens with one attached hydrogen (secondary N) is 1. The van der Waals surface area contributed by atoms with Crippen LogP contribution < -0.4 is 10.1 Å². The van der Waals surface area contributed by atoms with E-state index >= 15 is 0 Å². The van der Waals surface area contributed by atoms with Gasteiger partial charge in [-0.15, -0.1) is 11.3 Å². The van der Waals surface area contributed by atoms with Crippen LogP contribution in [0.15, 0.2) is 30.3 Å². The summed E-state index contributed by atoms with van der Waals surface area (Å²) in [6.07, 6.45) is 0.697. The van der Waals surface area contributed by atoms with E-state index in [1.165, 1.54) is 18.3 Å². The third-order valence-electron chi connectivity index (χ3n) is 2.89. The van der Waals surface area contributed by atoms with Crippen LogP contribution in [0.5, 0.6) is 5.75 Å². The van der Waals surface area contributed by atoms with Crippen LogP contribution in [0.1, 0.15) is 21.5 Å². The Morgan fingerprint density at radius 2 is 1.87 bits per heavy atom. The number of hydrogen-bond donors (Lipinski definition) is 1. The minimum absolute atomic E-state index is 0.0635. The molecule has 4 nitrogen and oxygen atoms in total. The summed E-state index contributed by atoms with van der Waals surface area (Å²) in [5, 5.41) is 3.63. The van der Waals surface area contributed by atoms with Crippen LogP contribution in [0.2, 0.25) is 10.0 Å². The Balaban J connectivity index is 1.88. The third kappa shape index (κ3) is 5.86.